The average molecular weight is 322 g/mol. The summed E-state index contributed by atoms with van der Waals surface area (Å²) in [5, 5.41) is 0. The van der Waals surface area contributed by atoms with Crippen LogP contribution in [-0.4, -0.2) is 41.0 Å². The molecule has 2 heterocycles. The molecule has 1 aromatic carbocycles. The van der Waals surface area contributed by atoms with Crippen LogP contribution in [0.5, 0.6) is 0 Å². The predicted molar refractivity (Wildman–Crippen MR) is 80.5 cm³/mol. The molecule has 122 valence electrons. The third-order valence-corrected chi connectivity index (χ3v) is 4.16. The van der Waals surface area contributed by atoms with Gasteiger partial charge in [-0.05, 0) is 13.0 Å². The lowest BCUT2D eigenvalue weighted by molar-refractivity contribution is 0.194. The fourth-order valence-corrected chi connectivity index (χ4v) is 2.81. The number of hydrogen-bond acceptors (Lipinski definition) is 4. The SMILES string of the molecule is C[C@H](c1ccc(F)cc1F)N1CCN(c2ncc(F)cn2)CC1. The molecule has 1 aliphatic rings. The Labute approximate surface area is 132 Å². The first-order chi connectivity index (χ1) is 11.0. The standard InChI is InChI=1S/C16H17F3N4/c1-11(14-3-2-12(17)8-15(14)19)22-4-6-23(7-5-22)16-20-9-13(18)10-21-16/h2-3,8-11H,4-7H2,1H3/t11-/m1/s1. The Morgan fingerprint density at radius 3 is 2.22 bits per heavy atom. The number of anilines is 1. The van der Waals surface area contributed by atoms with E-state index in [1.54, 1.807) is 0 Å². The summed E-state index contributed by atoms with van der Waals surface area (Å²) in [4.78, 5) is 12.0. The summed E-state index contributed by atoms with van der Waals surface area (Å²) in [5.41, 5.74) is 0.484. The van der Waals surface area contributed by atoms with Crippen molar-refractivity contribution in [2.45, 2.75) is 13.0 Å². The highest BCUT2D eigenvalue weighted by molar-refractivity contribution is 5.30. The van der Waals surface area contributed by atoms with Gasteiger partial charge in [0.25, 0.3) is 0 Å². The van der Waals surface area contributed by atoms with Gasteiger partial charge in [0.15, 0.2) is 5.82 Å². The van der Waals surface area contributed by atoms with E-state index in [9.17, 15) is 13.2 Å². The van der Waals surface area contributed by atoms with Gasteiger partial charge < -0.3 is 4.90 Å². The maximum Gasteiger partial charge on any atom is 0.225 e. The minimum atomic E-state index is -0.572. The van der Waals surface area contributed by atoms with E-state index < -0.39 is 17.5 Å². The minimum absolute atomic E-state index is 0.146. The molecule has 1 atom stereocenters. The summed E-state index contributed by atoms with van der Waals surface area (Å²) < 4.78 is 39.8. The summed E-state index contributed by atoms with van der Waals surface area (Å²) in [5.74, 6) is -1.07. The topological polar surface area (TPSA) is 32.3 Å². The monoisotopic (exact) mass is 322 g/mol. The van der Waals surface area contributed by atoms with E-state index in [1.165, 1.54) is 12.1 Å². The van der Waals surface area contributed by atoms with Crippen molar-refractivity contribution in [2.75, 3.05) is 31.1 Å². The van der Waals surface area contributed by atoms with Gasteiger partial charge in [-0.3, -0.25) is 4.90 Å². The van der Waals surface area contributed by atoms with E-state index in [0.29, 0.717) is 37.7 Å². The smallest absolute Gasteiger partial charge is 0.225 e. The molecule has 1 fully saturated rings. The first kappa shape index (κ1) is 15.7. The van der Waals surface area contributed by atoms with Crippen molar-refractivity contribution in [1.82, 2.24) is 14.9 Å². The third-order valence-electron chi connectivity index (χ3n) is 4.16. The van der Waals surface area contributed by atoms with Crippen LogP contribution < -0.4 is 4.90 Å². The van der Waals surface area contributed by atoms with Gasteiger partial charge in [-0.15, -0.1) is 0 Å². The van der Waals surface area contributed by atoms with Crippen molar-refractivity contribution >= 4 is 5.95 Å². The zero-order valence-electron chi connectivity index (χ0n) is 12.7. The molecule has 0 amide bonds. The van der Waals surface area contributed by atoms with Gasteiger partial charge in [0.1, 0.15) is 11.6 Å². The van der Waals surface area contributed by atoms with Crippen molar-refractivity contribution in [3.8, 4) is 0 Å². The Morgan fingerprint density at radius 2 is 1.61 bits per heavy atom. The van der Waals surface area contributed by atoms with E-state index in [0.717, 1.165) is 18.5 Å². The number of piperazine rings is 1. The molecule has 7 heteroatoms. The van der Waals surface area contributed by atoms with Crippen molar-refractivity contribution in [3.05, 3.63) is 53.6 Å². The molecule has 0 radical (unpaired) electrons. The van der Waals surface area contributed by atoms with Crippen LogP contribution in [0.1, 0.15) is 18.5 Å². The van der Waals surface area contributed by atoms with E-state index in [4.69, 9.17) is 0 Å². The summed E-state index contributed by atoms with van der Waals surface area (Å²) in [7, 11) is 0. The first-order valence-corrected chi connectivity index (χ1v) is 7.46. The molecule has 1 saturated heterocycles. The molecule has 0 N–H and O–H groups in total. The number of rotatable bonds is 3. The lowest BCUT2D eigenvalue weighted by Crippen LogP contribution is -2.47. The van der Waals surface area contributed by atoms with Crippen molar-refractivity contribution < 1.29 is 13.2 Å². The van der Waals surface area contributed by atoms with E-state index in [1.807, 2.05) is 11.8 Å². The molecule has 1 aliphatic heterocycles. The van der Waals surface area contributed by atoms with Crippen LogP contribution in [0, 0.1) is 17.5 Å². The van der Waals surface area contributed by atoms with Crippen LogP contribution in [0.25, 0.3) is 0 Å². The van der Waals surface area contributed by atoms with Crippen LogP contribution >= 0.6 is 0 Å². The fourth-order valence-electron chi connectivity index (χ4n) is 2.81. The van der Waals surface area contributed by atoms with Gasteiger partial charge >= 0.3 is 0 Å². The van der Waals surface area contributed by atoms with Crippen molar-refractivity contribution in [1.29, 1.82) is 0 Å². The Balaban J connectivity index is 1.65. The van der Waals surface area contributed by atoms with E-state index in [-0.39, 0.29) is 6.04 Å². The second-order valence-corrected chi connectivity index (χ2v) is 5.57. The third kappa shape index (κ3) is 3.44. The highest BCUT2D eigenvalue weighted by Crippen LogP contribution is 2.25. The Morgan fingerprint density at radius 1 is 0.957 bits per heavy atom. The maximum absolute atomic E-state index is 13.9. The molecule has 2 aromatic rings. The Bertz CT molecular complexity index is 670. The molecule has 3 rings (SSSR count). The number of aromatic nitrogens is 2. The summed E-state index contributed by atoms with van der Waals surface area (Å²) in [6, 6.07) is 3.53. The maximum atomic E-state index is 13.9. The van der Waals surface area contributed by atoms with Crippen LogP contribution in [-0.2, 0) is 0 Å². The number of halogens is 3. The van der Waals surface area contributed by atoms with Crippen LogP contribution in [0.3, 0.4) is 0 Å². The van der Waals surface area contributed by atoms with Gasteiger partial charge in [0.2, 0.25) is 5.95 Å². The normalized spacial score (nSPS) is 17.3. The van der Waals surface area contributed by atoms with Gasteiger partial charge in [0, 0.05) is 43.9 Å². The Kier molecular flexibility index (Phi) is 4.47. The van der Waals surface area contributed by atoms with Crippen LogP contribution in [0.4, 0.5) is 19.1 Å². The average Bonchev–Trinajstić information content (AvgIpc) is 2.55. The second kappa shape index (κ2) is 6.54. The van der Waals surface area contributed by atoms with E-state index in [2.05, 4.69) is 14.9 Å². The molecular weight excluding hydrogens is 305 g/mol. The molecule has 0 spiro atoms. The molecule has 0 aliphatic carbocycles. The summed E-state index contributed by atoms with van der Waals surface area (Å²) in [6.07, 6.45) is 2.29. The minimum Gasteiger partial charge on any atom is -0.338 e. The highest BCUT2D eigenvalue weighted by atomic mass is 19.1. The number of hydrogen-bond donors (Lipinski definition) is 0. The lowest BCUT2D eigenvalue weighted by Gasteiger charge is -2.38. The van der Waals surface area contributed by atoms with E-state index >= 15 is 0 Å². The van der Waals surface area contributed by atoms with Gasteiger partial charge in [0.05, 0.1) is 12.4 Å². The highest BCUT2D eigenvalue weighted by Gasteiger charge is 2.25. The zero-order chi connectivity index (χ0) is 16.4. The quantitative estimate of drug-likeness (QED) is 0.870. The fraction of sp³-hybridized carbons (Fsp3) is 0.375. The number of nitrogens with zero attached hydrogens (tertiary/aromatic N) is 4. The van der Waals surface area contributed by atoms with Crippen molar-refractivity contribution in [3.63, 3.8) is 0 Å². The molecular formula is C16H17F3N4. The van der Waals surface area contributed by atoms with Gasteiger partial charge in [-0.25, -0.2) is 23.1 Å². The predicted octanol–water partition coefficient (Wildman–Crippen LogP) is 2.78. The van der Waals surface area contributed by atoms with Gasteiger partial charge in [-0.2, -0.15) is 0 Å². The second-order valence-electron chi connectivity index (χ2n) is 5.57. The molecule has 0 unspecified atom stereocenters. The van der Waals surface area contributed by atoms with Crippen molar-refractivity contribution in [2.24, 2.45) is 0 Å². The molecule has 4 nitrogen and oxygen atoms in total. The molecule has 1 aromatic heterocycles. The van der Waals surface area contributed by atoms with Gasteiger partial charge in [-0.1, -0.05) is 6.07 Å². The first-order valence-electron chi connectivity index (χ1n) is 7.46. The summed E-state index contributed by atoms with van der Waals surface area (Å²) >= 11 is 0. The van der Waals surface area contributed by atoms with Crippen LogP contribution in [0.2, 0.25) is 0 Å². The van der Waals surface area contributed by atoms with Crippen LogP contribution in [0.15, 0.2) is 30.6 Å². The lowest BCUT2D eigenvalue weighted by atomic mass is 10.1. The molecule has 0 saturated carbocycles. The molecule has 23 heavy (non-hydrogen) atoms. The Hall–Kier alpha value is -2.15. The number of benzene rings is 1. The summed E-state index contributed by atoms with van der Waals surface area (Å²) in [6.45, 7) is 4.62. The zero-order valence-corrected chi connectivity index (χ0v) is 12.7. The largest absolute Gasteiger partial charge is 0.338 e. The molecule has 0 bridgehead atoms.